The number of rotatable bonds is 2. The standard InChI is InChI=1S/C24H25N3O.ClH/c1-15-6-8-16(9-7-15)23-12-19(18-4-2-3-5-22(18)26-23)24(28)27-13-17-10-11-21(25)20(17)14-27;/h2-9,12,17,20-21H,10-11,13-14,25H2,1H3;1H. The maximum Gasteiger partial charge on any atom is 0.254 e. The maximum atomic E-state index is 13.5. The number of carbonyl (C=O) groups is 1. The highest BCUT2D eigenvalue weighted by atomic mass is 35.5. The summed E-state index contributed by atoms with van der Waals surface area (Å²) in [5, 5.41) is 0.921. The van der Waals surface area contributed by atoms with E-state index < -0.39 is 0 Å². The second-order valence-electron chi connectivity index (χ2n) is 8.31. The molecule has 1 amide bonds. The van der Waals surface area contributed by atoms with E-state index in [9.17, 15) is 4.79 Å². The quantitative estimate of drug-likeness (QED) is 0.683. The molecule has 5 heteroatoms. The fraction of sp³-hybridized carbons (Fsp3) is 0.333. The molecule has 1 saturated heterocycles. The zero-order chi connectivity index (χ0) is 19.3. The van der Waals surface area contributed by atoms with Gasteiger partial charge in [-0.15, -0.1) is 12.4 Å². The Bertz CT molecular complexity index is 1050. The Labute approximate surface area is 177 Å². The normalized spacial score (nSPS) is 23.1. The third kappa shape index (κ3) is 3.52. The Kier molecular flexibility index (Phi) is 5.32. The molecule has 29 heavy (non-hydrogen) atoms. The number of para-hydroxylation sites is 1. The summed E-state index contributed by atoms with van der Waals surface area (Å²) in [6.07, 6.45) is 2.23. The third-order valence-electron chi connectivity index (χ3n) is 6.49. The Morgan fingerprint density at radius 3 is 2.59 bits per heavy atom. The lowest BCUT2D eigenvalue weighted by atomic mass is 9.98. The van der Waals surface area contributed by atoms with Gasteiger partial charge in [0, 0.05) is 30.1 Å². The predicted octanol–water partition coefficient (Wildman–Crippen LogP) is 4.44. The van der Waals surface area contributed by atoms with Crippen LogP contribution < -0.4 is 5.73 Å². The average Bonchev–Trinajstić information content (AvgIpc) is 3.29. The predicted molar refractivity (Wildman–Crippen MR) is 119 cm³/mol. The van der Waals surface area contributed by atoms with E-state index in [1.807, 2.05) is 35.2 Å². The van der Waals surface area contributed by atoms with E-state index in [0.717, 1.165) is 53.7 Å². The molecule has 0 bridgehead atoms. The molecule has 1 aromatic heterocycles. The Balaban J connectivity index is 0.00000205. The largest absolute Gasteiger partial charge is 0.338 e. The molecule has 1 saturated carbocycles. The summed E-state index contributed by atoms with van der Waals surface area (Å²) in [5.41, 5.74) is 11.0. The van der Waals surface area contributed by atoms with Gasteiger partial charge in [0.15, 0.2) is 0 Å². The molecule has 1 aliphatic carbocycles. The fourth-order valence-corrected chi connectivity index (χ4v) is 4.87. The summed E-state index contributed by atoms with van der Waals surface area (Å²) in [7, 11) is 0. The molecular weight excluding hydrogens is 382 g/mol. The van der Waals surface area contributed by atoms with Crippen molar-refractivity contribution in [3.05, 3.63) is 65.7 Å². The van der Waals surface area contributed by atoms with Crippen LogP contribution in [0.5, 0.6) is 0 Å². The van der Waals surface area contributed by atoms with Crippen LogP contribution in [0.3, 0.4) is 0 Å². The van der Waals surface area contributed by atoms with Crippen molar-refractivity contribution in [1.29, 1.82) is 0 Å². The van der Waals surface area contributed by atoms with Crippen molar-refractivity contribution < 1.29 is 4.79 Å². The zero-order valence-electron chi connectivity index (χ0n) is 16.5. The number of hydrogen-bond acceptors (Lipinski definition) is 3. The van der Waals surface area contributed by atoms with Crippen LogP contribution in [0.15, 0.2) is 54.6 Å². The van der Waals surface area contributed by atoms with E-state index in [1.165, 1.54) is 5.56 Å². The minimum absolute atomic E-state index is 0. The van der Waals surface area contributed by atoms with Crippen molar-refractivity contribution >= 4 is 29.2 Å². The second-order valence-corrected chi connectivity index (χ2v) is 8.31. The van der Waals surface area contributed by atoms with Gasteiger partial charge in [-0.25, -0.2) is 4.98 Å². The van der Waals surface area contributed by atoms with Crippen LogP contribution >= 0.6 is 12.4 Å². The van der Waals surface area contributed by atoms with Crippen LogP contribution in [0.4, 0.5) is 0 Å². The fourth-order valence-electron chi connectivity index (χ4n) is 4.87. The van der Waals surface area contributed by atoms with E-state index in [4.69, 9.17) is 10.7 Å². The molecule has 0 spiro atoms. The first kappa shape index (κ1) is 19.9. The van der Waals surface area contributed by atoms with Gasteiger partial charge in [-0.05, 0) is 43.7 Å². The van der Waals surface area contributed by atoms with Crippen molar-refractivity contribution in [2.45, 2.75) is 25.8 Å². The highest BCUT2D eigenvalue weighted by Gasteiger charge is 2.42. The van der Waals surface area contributed by atoms with Crippen LogP contribution in [-0.4, -0.2) is 34.9 Å². The van der Waals surface area contributed by atoms with Gasteiger partial charge in [-0.1, -0.05) is 48.0 Å². The number of halogens is 1. The number of aromatic nitrogens is 1. The summed E-state index contributed by atoms with van der Waals surface area (Å²) in [6.45, 7) is 3.68. The number of amides is 1. The molecule has 3 unspecified atom stereocenters. The number of nitrogens with zero attached hydrogens (tertiary/aromatic N) is 2. The second kappa shape index (κ2) is 7.77. The number of fused-ring (bicyclic) bond motifs is 2. The summed E-state index contributed by atoms with van der Waals surface area (Å²) >= 11 is 0. The monoisotopic (exact) mass is 407 g/mol. The lowest BCUT2D eigenvalue weighted by Crippen LogP contribution is -2.33. The van der Waals surface area contributed by atoms with Crippen LogP contribution in [0.25, 0.3) is 22.2 Å². The van der Waals surface area contributed by atoms with Gasteiger partial charge in [0.25, 0.3) is 5.91 Å². The van der Waals surface area contributed by atoms with Crippen LogP contribution in [-0.2, 0) is 0 Å². The zero-order valence-corrected chi connectivity index (χ0v) is 17.4. The minimum Gasteiger partial charge on any atom is -0.338 e. The molecule has 0 radical (unpaired) electrons. The molecule has 2 fully saturated rings. The van der Waals surface area contributed by atoms with Crippen molar-refractivity contribution in [3.8, 4) is 11.3 Å². The van der Waals surface area contributed by atoms with E-state index in [1.54, 1.807) is 0 Å². The van der Waals surface area contributed by atoms with Crippen molar-refractivity contribution in [3.63, 3.8) is 0 Å². The van der Waals surface area contributed by atoms with Crippen LogP contribution in [0.1, 0.15) is 28.8 Å². The molecule has 2 N–H and O–H groups in total. The highest BCUT2D eigenvalue weighted by molar-refractivity contribution is 6.07. The first-order valence-electron chi connectivity index (χ1n) is 10.1. The van der Waals surface area contributed by atoms with Gasteiger partial charge in [0.05, 0.1) is 16.8 Å². The molecular formula is C24H26ClN3O. The van der Waals surface area contributed by atoms with Gasteiger partial charge >= 0.3 is 0 Å². The molecule has 150 valence electrons. The Morgan fingerprint density at radius 1 is 1.07 bits per heavy atom. The van der Waals surface area contributed by atoms with Gasteiger partial charge in [0.2, 0.25) is 0 Å². The smallest absolute Gasteiger partial charge is 0.254 e. The molecule has 5 rings (SSSR count). The molecule has 2 aromatic carbocycles. The molecule has 4 nitrogen and oxygen atoms in total. The number of benzene rings is 2. The van der Waals surface area contributed by atoms with Gasteiger partial charge in [0.1, 0.15) is 0 Å². The Hall–Kier alpha value is -2.43. The first-order valence-corrected chi connectivity index (χ1v) is 10.1. The molecule has 2 heterocycles. The number of pyridine rings is 1. The first-order chi connectivity index (χ1) is 13.6. The van der Waals surface area contributed by atoms with Gasteiger partial charge < -0.3 is 10.6 Å². The minimum atomic E-state index is 0. The average molecular weight is 408 g/mol. The number of aryl methyl sites for hydroxylation is 1. The topological polar surface area (TPSA) is 59.2 Å². The summed E-state index contributed by atoms with van der Waals surface area (Å²) in [4.78, 5) is 20.3. The van der Waals surface area contributed by atoms with Crippen LogP contribution in [0.2, 0.25) is 0 Å². The highest BCUT2D eigenvalue weighted by Crippen LogP contribution is 2.38. The SMILES string of the molecule is Cc1ccc(-c2cc(C(=O)N3CC4CCC(N)C4C3)c3ccccc3n2)cc1.Cl. The van der Waals surface area contributed by atoms with E-state index in [2.05, 4.69) is 31.2 Å². The van der Waals surface area contributed by atoms with E-state index in [0.29, 0.717) is 11.8 Å². The van der Waals surface area contributed by atoms with Crippen molar-refractivity contribution in [2.75, 3.05) is 13.1 Å². The molecule has 1 aliphatic heterocycles. The van der Waals surface area contributed by atoms with Crippen molar-refractivity contribution in [2.24, 2.45) is 17.6 Å². The van der Waals surface area contributed by atoms with E-state index >= 15 is 0 Å². The molecule has 2 aliphatic rings. The summed E-state index contributed by atoms with van der Waals surface area (Å²) in [6, 6.07) is 18.4. The molecule has 3 atom stereocenters. The lowest BCUT2D eigenvalue weighted by Gasteiger charge is -2.20. The molecule has 3 aromatic rings. The summed E-state index contributed by atoms with van der Waals surface area (Å²) < 4.78 is 0. The van der Waals surface area contributed by atoms with E-state index in [-0.39, 0.29) is 24.4 Å². The maximum absolute atomic E-state index is 13.5. The number of likely N-dealkylation sites (tertiary alicyclic amines) is 1. The van der Waals surface area contributed by atoms with Crippen LogP contribution in [0, 0.1) is 18.8 Å². The number of nitrogens with two attached hydrogens (primary N) is 1. The van der Waals surface area contributed by atoms with Gasteiger partial charge in [-0.2, -0.15) is 0 Å². The number of hydrogen-bond donors (Lipinski definition) is 1. The number of carbonyl (C=O) groups excluding carboxylic acids is 1. The Morgan fingerprint density at radius 2 is 1.83 bits per heavy atom. The summed E-state index contributed by atoms with van der Waals surface area (Å²) in [5.74, 6) is 1.12. The third-order valence-corrected chi connectivity index (χ3v) is 6.49. The lowest BCUT2D eigenvalue weighted by molar-refractivity contribution is 0.0781. The van der Waals surface area contributed by atoms with Gasteiger partial charge in [-0.3, -0.25) is 4.79 Å². The van der Waals surface area contributed by atoms with Crippen molar-refractivity contribution in [1.82, 2.24) is 9.88 Å².